The standard InChI is InChI=1S/C17H17N7O3/c1-9(2)24-17(27)11-6-4-3-5-10(11)12(23-24)15(25)21-22-16(26)13-14(18)20-8-7-19-13/h3-9H,1-2H3,(H2,18,20)(H,21,25)(H,22,26). The molecule has 0 aliphatic carbocycles. The van der Waals surface area contributed by atoms with E-state index in [0.717, 1.165) is 0 Å². The second-order valence-electron chi connectivity index (χ2n) is 5.94. The summed E-state index contributed by atoms with van der Waals surface area (Å²) in [6.45, 7) is 3.56. The average Bonchev–Trinajstić information content (AvgIpc) is 2.66. The van der Waals surface area contributed by atoms with Gasteiger partial charge in [-0.05, 0) is 19.9 Å². The average molecular weight is 367 g/mol. The molecule has 10 heteroatoms. The fourth-order valence-corrected chi connectivity index (χ4v) is 2.48. The van der Waals surface area contributed by atoms with Crippen molar-refractivity contribution in [1.29, 1.82) is 0 Å². The van der Waals surface area contributed by atoms with Crippen molar-refractivity contribution in [2.24, 2.45) is 0 Å². The molecular formula is C17H17N7O3. The summed E-state index contributed by atoms with van der Waals surface area (Å²) < 4.78 is 1.22. The summed E-state index contributed by atoms with van der Waals surface area (Å²) in [5.74, 6) is -1.48. The molecule has 0 aliphatic rings. The van der Waals surface area contributed by atoms with Gasteiger partial charge in [0.2, 0.25) is 0 Å². The van der Waals surface area contributed by atoms with E-state index < -0.39 is 11.8 Å². The first-order valence-corrected chi connectivity index (χ1v) is 8.09. The molecule has 1 aromatic carbocycles. The van der Waals surface area contributed by atoms with Gasteiger partial charge in [-0.3, -0.25) is 25.2 Å². The molecule has 0 saturated heterocycles. The minimum absolute atomic E-state index is 0.00585. The lowest BCUT2D eigenvalue weighted by Crippen LogP contribution is -2.43. The van der Waals surface area contributed by atoms with Crippen LogP contribution < -0.4 is 22.1 Å². The van der Waals surface area contributed by atoms with Crippen LogP contribution in [-0.2, 0) is 0 Å². The normalized spacial score (nSPS) is 10.8. The molecule has 0 saturated carbocycles. The topological polar surface area (TPSA) is 145 Å². The number of aromatic nitrogens is 4. The lowest BCUT2D eigenvalue weighted by molar-refractivity contribution is 0.0841. The Labute approximate surface area is 153 Å². The second kappa shape index (κ2) is 7.20. The molecule has 0 unspecified atom stereocenters. The number of rotatable bonds is 3. The van der Waals surface area contributed by atoms with E-state index >= 15 is 0 Å². The zero-order valence-electron chi connectivity index (χ0n) is 14.6. The molecule has 10 nitrogen and oxygen atoms in total. The van der Waals surface area contributed by atoms with E-state index in [1.165, 1.54) is 17.1 Å². The predicted molar refractivity (Wildman–Crippen MR) is 97.8 cm³/mol. The van der Waals surface area contributed by atoms with E-state index in [1.807, 2.05) is 0 Å². The summed E-state index contributed by atoms with van der Waals surface area (Å²) in [5, 5.41) is 4.89. The van der Waals surface area contributed by atoms with Gasteiger partial charge in [-0.2, -0.15) is 5.10 Å². The van der Waals surface area contributed by atoms with E-state index in [-0.39, 0.29) is 28.8 Å². The van der Waals surface area contributed by atoms with Crippen molar-refractivity contribution in [3.05, 3.63) is 58.4 Å². The number of anilines is 1. The molecule has 0 spiro atoms. The first-order chi connectivity index (χ1) is 12.9. The minimum atomic E-state index is -0.726. The Bertz CT molecular complexity index is 1090. The van der Waals surface area contributed by atoms with Crippen LogP contribution in [0.2, 0.25) is 0 Å². The number of benzene rings is 1. The number of nitrogens with two attached hydrogens (primary N) is 1. The number of carbonyl (C=O) groups excluding carboxylic acids is 2. The maximum Gasteiger partial charge on any atom is 0.292 e. The van der Waals surface area contributed by atoms with Gasteiger partial charge < -0.3 is 5.73 Å². The van der Waals surface area contributed by atoms with E-state index in [2.05, 4.69) is 25.9 Å². The van der Waals surface area contributed by atoms with Gasteiger partial charge in [0.25, 0.3) is 17.4 Å². The fourth-order valence-electron chi connectivity index (χ4n) is 2.48. The highest BCUT2D eigenvalue weighted by atomic mass is 16.2. The number of fused-ring (bicyclic) bond motifs is 1. The van der Waals surface area contributed by atoms with Crippen LogP contribution in [0.15, 0.2) is 41.5 Å². The van der Waals surface area contributed by atoms with Gasteiger partial charge in [0.1, 0.15) is 0 Å². The summed E-state index contributed by atoms with van der Waals surface area (Å²) >= 11 is 0. The molecular weight excluding hydrogens is 350 g/mol. The summed E-state index contributed by atoms with van der Waals surface area (Å²) in [6, 6.07) is 6.38. The third-order valence-corrected chi connectivity index (χ3v) is 3.76. The third-order valence-electron chi connectivity index (χ3n) is 3.76. The molecule has 0 radical (unpaired) electrons. The van der Waals surface area contributed by atoms with Crippen LogP contribution in [0.1, 0.15) is 40.9 Å². The molecule has 0 bridgehead atoms. The van der Waals surface area contributed by atoms with Gasteiger partial charge in [0.15, 0.2) is 17.2 Å². The van der Waals surface area contributed by atoms with Crippen LogP contribution >= 0.6 is 0 Å². The van der Waals surface area contributed by atoms with Crippen LogP contribution in [0.25, 0.3) is 10.8 Å². The van der Waals surface area contributed by atoms with Gasteiger partial charge in [-0.25, -0.2) is 14.6 Å². The lowest BCUT2D eigenvalue weighted by atomic mass is 10.1. The Morgan fingerprint density at radius 3 is 2.22 bits per heavy atom. The molecule has 3 aromatic rings. The van der Waals surface area contributed by atoms with Crippen LogP contribution in [0, 0.1) is 0 Å². The molecule has 27 heavy (non-hydrogen) atoms. The van der Waals surface area contributed by atoms with Crippen LogP contribution in [0.4, 0.5) is 5.82 Å². The van der Waals surface area contributed by atoms with Crippen molar-refractivity contribution < 1.29 is 9.59 Å². The molecule has 2 amide bonds. The molecule has 0 fully saturated rings. The van der Waals surface area contributed by atoms with E-state index in [0.29, 0.717) is 10.8 Å². The van der Waals surface area contributed by atoms with Gasteiger partial charge in [0.05, 0.1) is 11.4 Å². The minimum Gasteiger partial charge on any atom is -0.382 e. The highest BCUT2D eigenvalue weighted by Gasteiger charge is 2.19. The van der Waals surface area contributed by atoms with Crippen molar-refractivity contribution >= 4 is 28.4 Å². The maximum absolute atomic E-state index is 12.6. The van der Waals surface area contributed by atoms with Gasteiger partial charge in [-0.1, -0.05) is 18.2 Å². The summed E-state index contributed by atoms with van der Waals surface area (Å²) in [4.78, 5) is 44.8. The number of hydrazine groups is 1. The van der Waals surface area contributed by atoms with E-state index in [9.17, 15) is 14.4 Å². The molecule has 3 rings (SSSR count). The molecule has 2 aromatic heterocycles. The van der Waals surface area contributed by atoms with E-state index in [1.54, 1.807) is 38.1 Å². The zero-order valence-corrected chi connectivity index (χ0v) is 14.6. The summed E-state index contributed by atoms with van der Waals surface area (Å²) in [5.41, 5.74) is 9.65. The number of carbonyl (C=O) groups is 2. The Morgan fingerprint density at radius 2 is 1.59 bits per heavy atom. The molecule has 4 N–H and O–H groups in total. The maximum atomic E-state index is 12.6. The Balaban J connectivity index is 1.92. The fraction of sp³-hybridized carbons (Fsp3) is 0.176. The SMILES string of the molecule is CC(C)n1nc(C(=O)NNC(=O)c2nccnc2N)c2ccccc2c1=O. The first-order valence-electron chi connectivity index (χ1n) is 8.09. The Hall–Kier alpha value is -3.82. The highest BCUT2D eigenvalue weighted by molar-refractivity contribution is 6.06. The first kappa shape index (κ1) is 18.0. The highest BCUT2D eigenvalue weighted by Crippen LogP contribution is 2.14. The monoisotopic (exact) mass is 367 g/mol. The van der Waals surface area contributed by atoms with Gasteiger partial charge in [0, 0.05) is 17.8 Å². The van der Waals surface area contributed by atoms with Crippen molar-refractivity contribution in [3.63, 3.8) is 0 Å². The van der Waals surface area contributed by atoms with Crippen LogP contribution in [0.5, 0.6) is 0 Å². The Kier molecular flexibility index (Phi) is 4.79. The van der Waals surface area contributed by atoms with Gasteiger partial charge in [-0.15, -0.1) is 0 Å². The predicted octanol–water partition coefficient (Wildman–Crippen LogP) is 0.424. The van der Waals surface area contributed by atoms with Crippen molar-refractivity contribution in [2.75, 3.05) is 5.73 Å². The summed E-state index contributed by atoms with van der Waals surface area (Å²) in [6.07, 6.45) is 2.65. The zero-order chi connectivity index (χ0) is 19.6. The smallest absolute Gasteiger partial charge is 0.292 e. The number of amides is 2. The number of nitrogen functional groups attached to an aromatic ring is 1. The number of hydrogen-bond acceptors (Lipinski definition) is 7. The summed E-state index contributed by atoms with van der Waals surface area (Å²) in [7, 11) is 0. The van der Waals surface area contributed by atoms with Crippen molar-refractivity contribution in [3.8, 4) is 0 Å². The molecule has 2 heterocycles. The Morgan fingerprint density at radius 1 is 1.00 bits per heavy atom. The second-order valence-corrected chi connectivity index (χ2v) is 5.94. The quantitative estimate of drug-likeness (QED) is 0.569. The van der Waals surface area contributed by atoms with Crippen molar-refractivity contribution in [2.45, 2.75) is 19.9 Å². The van der Waals surface area contributed by atoms with Crippen LogP contribution in [-0.4, -0.2) is 31.6 Å². The lowest BCUT2D eigenvalue weighted by Gasteiger charge is -2.13. The molecule has 138 valence electrons. The molecule has 0 aliphatic heterocycles. The van der Waals surface area contributed by atoms with E-state index in [4.69, 9.17) is 5.73 Å². The number of nitrogens with zero attached hydrogens (tertiary/aromatic N) is 4. The number of nitrogens with one attached hydrogen (secondary N) is 2. The van der Waals surface area contributed by atoms with Crippen LogP contribution in [0.3, 0.4) is 0 Å². The molecule has 0 atom stereocenters. The van der Waals surface area contributed by atoms with Crippen molar-refractivity contribution in [1.82, 2.24) is 30.6 Å². The number of hydrogen-bond donors (Lipinski definition) is 3. The van der Waals surface area contributed by atoms with Gasteiger partial charge >= 0.3 is 0 Å². The third kappa shape index (κ3) is 3.45. The largest absolute Gasteiger partial charge is 0.382 e.